The molecule has 6 heteroatoms. The Hall–Kier alpha value is -0.240. The minimum Gasteiger partial charge on any atom is -0.394 e. The third kappa shape index (κ3) is 1.89. The Morgan fingerprint density at radius 1 is 1.00 bits per heavy atom. The van der Waals surface area contributed by atoms with Crippen LogP contribution < -0.4 is 0 Å². The summed E-state index contributed by atoms with van der Waals surface area (Å²) in [5, 5.41) is 9.32. The van der Waals surface area contributed by atoms with Gasteiger partial charge in [0.25, 0.3) is 0 Å². The SMILES string of the molecule is CC1OC2C(CO)OC3OC(C)(C)OC3C2O1. The van der Waals surface area contributed by atoms with E-state index in [0.29, 0.717) is 0 Å². The van der Waals surface area contributed by atoms with E-state index >= 15 is 0 Å². The quantitative estimate of drug-likeness (QED) is 0.701. The molecule has 0 aromatic heterocycles. The summed E-state index contributed by atoms with van der Waals surface area (Å²) < 4.78 is 28.4. The van der Waals surface area contributed by atoms with Crippen molar-refractivity contribution in [2.45, 2.75) is 63.6 Å². The highest BCUT2D eigenvalue weighted by molar-refractivity contribution is 4.98. The van der Waals surface area contributed by atoms with Gasteiger partial charge >= 0.3 is 0 Å². The summed E-state index contributed by atoms with van der Waals surface area (Å²) in [6.45, 7) is 5.36. The number of aliphatic hydroxyl groups is 1. The maximum absolute atomic E-state index is 9.32. The molecule has 0 amide bonds. The maximum atomic E-state index is 9.32. The fourth-order valence-corrected chi connectivity index (χ4v) is 2.67. The van der Waals surface area contributed by atoms with E-state index in [0.717, 1.165) is 0 Å². The van der Waals surface area contributed by atoms with Crippen LogP contribution >= 0.6 is 0 Å². The molecule has 3 saturated heterocycles. The molecule has 0 bridgehead atoms. The molecule has 0 aromatic carbocycles. The Kier molecular flexibility index (Phi) is 2.70. The average Bonchev–Trinajstić information content (AvgIpc) is 2.75. The van der Waals surface area contributed by atoms with E-state index in [1.807, 2.05) is 20.8 Å². The van der Waals surface area contributed by atoms with Crippen molar-refractivity contribution in [3.8, 4) is 0 Å². The molecule has 0 saturated carbocycles. The fraction of sp³-hybridized carbons (Fsp3) is 1.00. The first-order valence-electron chi connectivity index (χ1n) is 5.93. The molecular weight excluding hydrogens is 228 g/mol. The van der Waals surface area contributed by atoms with Gasteiger partial charge in [-0.15, -0.1) is 0 Å². The number of ether oxygens (including phenoxy) is 5. The number of rotatable bonds is 1. The molecular formula is C11H18O6. The van der Waals surface area contributed by atoms with Gasteiger partial charge in [0.05, 0.1) is 6.61 Å². The Labute approximate surface area is 99.7 Å². The number of hydrogen-bond donors (Lipinski definition) is 1. The standard InChI is InChI=1S/C11H18O6/c1-5-13-7-6(4-12)15-10-9(8(7)14-5)16-11(2,3)17-10/h5-10,12H,4H2,1-3H3. The van der Waals surface area contributed by atoms with Crippen molar-refractivity contribution >= 4 is 0 Å². The minimum absolute atomic E-state index is 0.121. The summed E-state index contributed by atoms with van der Waals surface area (Å²) in [6, 6.07) is 0. The van der Waals surface area contributed by atoms with Gasteiger partial charge < -0.3 is 28.8 Å². The molecule has 3 aliphatic rings. The van der Waals surface area contributed by atoms with Crippen molar-refractivity contribution in [2.75, 3.05) is 6.61 Å². The van der Waals surface area contributed by atoms with Crippen molar-refractivity contribution < 1.29 is 28.8 Å². The van der Waals surface area contributed by atoms with Crippen LogP contribution in [0.3, 0.4) is 0 Å². The first kappa shape index (κ1) is 11.8. The van der Waals surface area contributed by atoms with Crippen LogP contribution in [0.4, 0.5) is 0 Å². The van der Waals surface area contributed by atoms with Gasteiger partial charge in [-0.1, -0.05) is 0 Å². The van der Waals surface area contributed by atoms with Crippen molar-refractivity contribution in [3.63, 3.8) is 0 Å². The third-order valence-corrected chi connectivity index (χ3v) is 3.29. The fourth-order valence-electron chi connectivity index (χ4n) is 2.67. The molecule has 3 fully saturated rings. The van der Waals surface area contributed by atoms with Crippen LogP contribution in [0, 0.1) is 0 Å². The van der Waals surface area contributed by atoms with Crippen LogP contribution in [0.25, 0.3) is 0 Å². The van der Waals surface area contributed by atoms with Crippen LogP contribution in [0.1, 0.15) is 20.8 Å². The molecule has 3 aliphatic heterocycles. The largest absolute Gasteiger partial charge is 0.394 e. The monoisotopic (exact) mass is 246 g/mol. The van der Waals surface area contributed by atoms with Gasteiger partial charge in [0, 0.05) is 0 Å². The lowest BCUT2D eigenvalue weighted by molar-refractivity contribution is -0.238. The normalized spacial score (nSPS) is 52.2. The van der Waals surface area contributed by atoms with E-state index in [2.05, 4.69) is 0 Å². The molecule has 0 aromatic rings. The average molecular weight is 246 g/mol. The molecule has 1 N–H and O–H groups in total. The molecule has 0 radical (unpaired) electrons. The second-order valence-corrected chi connectivity index (χ2v) is 5.09. The van der Waals surface area contributed by atoms with E-state index in [9.17, 15) is 5.11 Å². The summed E-state index contributed by atoms with van der Waals surface area (Å²) in [5.74, 6) is -0.695. The first-order valence-corrected chi connectivity index (χ1v) is 5.93. The van der Waals surface area contributed by atoms with Crippen molar-refractivity contribution in [2.24, 2.45) is 0 Å². The van der Waals surface area contributed by atoms with Crippen molar-refractivity contribution in [3.05, 3.63) is 0 Å². The van der Waals surface area contributed by atoms with Crippen molar-refractivity contribution in [1.29, 1.82) is 0 Å². The Morgan fingerprint density at radius 3 is 2.41 bits per heavy atom. The second kappa shape index (κ2) is 3.88. The predicted octanol–water partition coefficient (Wildman–Crippen LogP) is -0.0149. The van der Waals surface area contributed by atoms with Gasteiger partial charge in [0.15, 0.2) is 18.4 Å². The smallest absolute Gasteiger partial charge is 0.190 e. The molecule has 0 aliphatic carbocycles. The van der Waals surface area contributed by atoms with Gasteiger partial charge in [0.1, 0.15) is 24.4 Å². The van der Waals surface area contributed by atoms with Crippen LogP contribution in [0.5, 0.6) is 0 Å². The van der Waals surface area contributed by atoms with Crippen LogP contribution in [0.2, 0.25) is 0 Å². The predicted molar refractivity (Wildman–Crippen MR) is 55.0 cm³/mol. The van der Waals surface area contributed by atoms with Gasteiger partial charge in [-0.3, -0.25) is 0 Å². The second-order valence-electron chi connectivity index (χ2n) is 5.09. The highest BCUT2D eigenvalue weighted by Gasteiger charge is 2.58. The summed E-state index contributed by atoms with van der Waals surface area (Å²) in [6.07, 6.45) is -2.09. The number of aliphatic hydroxyl groups excluding tert-OH is 1. The van der Waals surface area contributed by atoms with E-state index in [-0.39, 0.29) is 31.2 Å². The van der Waals surface area contributed by atoms with E-state index in [1.54, 1.807) is 0 Å². The first-order chi connectivity index (χ1) is 8.00. The molecule has 3 rings (SSSR count). The summed E-state index contributed by atoms with van der Waals surface area (Å²) in [5.41, 5.74) is 0. The topological polar surface area (TPSA) is 66.4 Å². The summed E-state index contributed by atoms with van der Waals surface area (Å²) >= 11 is 0. The van der Waals surface area contributed by atoms with Crippen LogP contribution in [-0.4, -0.2) is 54.5 Å². The summed E-state index contributed by atoms with van der Waals surface area (Å²) in [4.78, 5) is 0. The van der Waals surface area contributed by atoms with Gasteiger partial charge in [0.2, 0.25) is 0 Å². The highest BCUT2D eigenvalue weighted by Crippen LogP contribution is 2.41. The number of fused-ring (bicyclic) bond motifs is 3. The third-order valence-electron chi connectivity index (χ3n) is 3.29. The zero-order valence-electron chi connectivity index (χ0n) is 10.2. The van der Waals surface area contributed by atoms with E-state index < -0.39 is 18.2 Å². The number of hydrogen-bond acceptors (Lipinski definition) is 6. The highest BCUT2D eigenvalue weighted by atomic mass is 16.9. The van der Waals surface area contributed by atoms with Crippen LogP contribution in [0.15, 0.2) is 0 Å². The van der Waals surface area contributed by atoms with Crippen LogP contribution in [-0.2, 0) is 23.7 Å². The molecule has 98 valence electrons. The van der Waals surface area contributed by atoms with E-state index in [1.165, 1.54) is 0 Å². The van der Waals surface area contributed by atoms with E-state index in [4.69, 9.17) is 23.7 Å². The minimum atomic E-state index is -0.695. The van der Waals surface area contributed by atoms with Gasteiger partial charge in [-0.2, -0.15) is 0 Å². The Bertz CT molecular complexity index is 306. The maximum Gasteiger partial charge on any atom is 0.190 e. The van der Waals surface area contributed by atoms with Gasteiger partial charge in [-0.05, 0) is 20.8 Å². The molecule has 6 unspecified atom stereocenters. The molecule has 6 nitrogen and oxygen atoms in total. The van der Waals surface area contributed by atoms with Crippen molar-refractivity contribution in [1.82, 2.24) is 0 Å². The molecule has 3 heterocycles. The lowest BCUT2D eigenvalue weighted by atomic mass is 9.99. The molecule has 17 heavy (non-hydrogen) atoms. The Morgan fingerprint density at radius 2 is 1.71 bits per heavy atom. The zero-order valence-corrected chi connectivity index (χ0v) is 10.2. The van der Waals surface area contributed by atoms with Gasteiger partial charge in [-0.25, -0.2) is 0 Å². The molecule has 0 spiro atoms. The summed E-state index contributed by atoms with van der Waals surface area (Å²) in [7, 11) is 0. The lowest BCUT2D eigenvalue weighted by Gasteiger charge is -2.36. The Balaban J connectivity index is 1.84. The zero-order chi connectivity index (χ0) is 12.2. The molecule has 6 atom stereocenters. The lowest BCUT2D eigenvalue weighted by Crippen LogP contribution is -2.56.